The molecular formula is C16H25N3O. The van der Waals surface area contributed by atoms with Gasteiger partial charge in [0.2, 0.25) is 5.91 Å². The van der Waals surface area contributed by atoms with E-state index in [2.05, 4.69) is 41.4 Å². The fraction of sp³-hybridized carbons (Fsp3) is 0.562. The second kappa shape index (κ2) is 6.75. The molecule has 110 valence electrons. The van der Waals surface area contributed by atoms with E-state index in [0.717, 1.165) is 32.4 Å². The number of hydrogen-bond donors (Lipinski definition) is 2. The number of nitrogens with one attached hydrogen (secondary N) is 1. The molecule has 1 aliphatic heterocycles. The lowest BCUT2D eigenvalue weighted by Crippen LogP contribution is -2.44. The summed E-state index contributed by atoms with van der Waals surface area (Å²) in [6.07, 6.45) is 2.93. The molecule has 0 aliphatic carbocycles. The zero-order chi connectivity index (χ0) is 14.5. The van der Waals surface area contributed by atoms with Crippen LogP contribution in [0, 0.1) is 0 Å². The van der Waals surface area contributed by atoms with E-state index in [0.29, 0.717) is 6.04 Å². The maximum absolute atomic E-state index is 11.1. The predicted octanol–water partition coefficient (Wildman–Crippen LogP) is 2.20. The van der Waals surface area contributed by atoms with Crippen molar-refractivity contribution in [3.05, 3.63) is 29.8 Å². The third-order valence-electron chi connectivity index (χ3n) is 4.02. The molecule has 1 aromatic rings. The van der Waals surface area contributed by atoms with E-state index >= 15 is 0 Å². The predicted molar refractivity (Wildman–Crippen MR) is 82.7 cm³/mol. The summed E-state index contributed by atoms with van der Waals surface area (Å²) >= 11 is 0. The molecule has 1 heterocycles. The standard InChI is InChI=1S/C16H25N3O/c1-3-15(17)14-6-4-5-7-16(14)19-10-8-13(9-11-19)18-12(2)20/h4-7,13,15H,3,8-11,17H2,1-2H3,(H,18,20)/t15-/m0/s1. The highest BCUT2D eigenvalue weighted by Gasteiger charge is 2.22. The van der Waals surface area contributed by atoms with Gasteiger partial charge < -0.3 is 16.0 Å². The number of anilines is 1. The number of piperidine rings is 1. The number of carbonyl (C=O) groups is 1. The largest absolute Gasteiger partial charge is 0.371 e. The number of rotatable bonds is 4. The van der Waals surface area contributed by atoms with Crippen molar-refractivity contribution in [2.45, 2.75) is 45.2 Å². The molecule has 1 aliphatic rings. The molecule has 1 fully saturated rings. The quantitative estimate of drug-likeness (QED) is 0.885. The smallest absolute Gasteiger partial charge is 0.217 e. The van der Waals surface area contributed by atoms with Crippen molar-refractivity contribution in [3.8, 4) is 0 Å². The van der Waals surface area contributed by atoms with E-state index in [1.165, 1.54) is 11.3 Å². The summed E-state index contributed by atoms with van der Waals surface area (Å²) in [7, 11) is 0. The third kappa shape index (κ3) is 3.51. The number of hydrogen-bond acceptors (Lipinski definition) is 3. The number of carbonyl (C=O) groups excluding carboxylic acids is 1. The van der Waals surface area contributed by atoms with Crippen molar-refractivity contribution < 1.29 is 4.79 Å². The summed E-state index contributed by atoms with van der Waals surface area (Å²) < 4.78 is 0. The van der Waals surface area contributed by atoms with Gasteiger partial charge in [0.1, 0.15) is 0 Å². The topological polar surface area (TPSA) is 58.4 Å². The summed E-state index contributed by atoms with van der Waals surface area (Å²) in [5.74, 6) is 0.0665. The molecule has 20 heavy (non-hydrogen) atoms. The molecule has 4 nitrogen and oxygen atoms in total. The van der Waals surface area contributed by atoms with E-state index in [9.17, 15) is 4.79 Å². The highest BCUT2D eigenvalue weighted by atomic mass is 16.1. The lowest BCUT2D eigenvalue weighted by atomic mass is 9.99. The number of para-hydroxylation sites is 1. The summed E-state index contributed by atoms with van der Waals surface area (Å²) in [4.78, 5) is 13.5. The second-order valence-electron chi connectivity index (χ2n) is 5.54. The number of nitrogens with zero attached hydrogens (tertiary/aromatic N) is 1. The zero-order valence-corrected chi connectivity index (χ0v) is 12.4. The monoisotopic (exact) mass is 275 g/mol. The van der Waals surface area contributed by atoms with Crippen molar-refractivity contribution in [1.82, 2.24) is 5.32 Å². The molecule has 0 unspecified atom stereocenters. The Balaban J connectivity index is 2.05. The Bertz CT molecular complexity index is 453. The van der Waals surface area contributed by atoms with Crippen molar-refractivity contribution in [3.63, 3.8) is 0 Å². The molecule has 0 bridgehead atoms. The minimum atomic E-state index is 0.0665. The van der Waals surface area contributed by atoms with Gasteiger partial charge in [0.05, 0.1) is 0 Å². The maximum atomic E-state index is 11.1. The molecule has 4 heteroatoms. The first-order valence-corrected chi connectivity index (χ1v) is 7.48. The van der Waals surface area contributed by atoms with Gasteiger partial charge in [-0.25, -0.2) is 0 Å². The molecule has 2 rings (SSSR count). The Morgan fingerprint density at radius 2 is 2.05 bits per heavy atom. The zero-order valence-electron chi connectivity index (χ0n) is 12.4. The molecule has 1 atom stereocenters. The third-order valence-corrected chi connectivity index (χ3v) is 4.02. The van der Waals surface area contributed by atoms with Crippen LogP contribution in [0.15, 0.2) is 24.3 Å². The maximum Gasteiger partial charge on any atom is 0.217 e. The van der Waals surface area contributed by atoms with E-state index in [1.54, 1.807) is 6.92 Å². The lowest BCUT2D eigenvalue weighted by Gasteiger charge is -2.35. The molecule has 0 aromatic heterocycles. The van der Waals surface area contributed by atoms with Gasteiger partial charge in [-0.2, -0.15) is 0 Å². The summed E-state index contributed by atoms with van der Waals surface area (Å²) in [6, 6.07) is 8.82. The van der Waals surface area contributed by atoms with E-state index in [1.807, 2.05) is 0 Å². The summed E-state index contributed by atoms with van der Waals surface area (Å²) in [5, 5.41) is 3.01. The van der Waals surface area contributed by atoms with Gasteiger partial charge in [0.15, 0.2) is 0 Å². The molecule has 3 N–H and O–H groups in total. The van der Waals surface area contributed by atoms with Crippen LogP contribution in [0.1, 0.15) is 44.7 Å². The van der Waals surface area contributed by atoms with Crippen LogP contribution in [0.3, 0.4) is 0 Å². The minimum Gasteiger partial charge on any atom is -0.371 e. The van der Waals surface area contributed by atoms with Crippen molar-refractivity contribution in [2.75, 3.05) is 18.0 Å². The first-order chi connectivity index (χ1) is 9.61. The SMILES string of the molecule is CC[C@H](N)c1ccccc1N1CCC(NC(C)=O)CC1. The first-order valence-electron chi connectivity index (χ1n) is 7.48. The van der Waals surface area contributed by atoms with Crippen molar-refractivity contribution in [1.29, 1.82) is 0 Å². The van der Waals surface area contributed by atoms with E-state index < -0.39 is 0 Å². The van der Waals surface area contributed by atoms with Crippen molar-refractivity contribution >= 4 is 11.6 Å². The Morgan fingerprint density at radius 1 is 1.40 bits per heavy atom. The number of amides is 1. The van der Waals surface area contributed by atoms with E-state index in [4.69, 9.17) is 5.73 Å². The van der Waals surface area contributed by atoms with Gasteiger partial charge in [0.25, 0.3) is 0 Å². The van der Waals surface area contributed by atoms with Crippen LogP contribution in [-0.2, 0) is 4.79 Å². The van der Waals surface area contributed by atoms with Gasteiger partial charge in [-0.1, -0.05) is 25.1 Å². The van der Waals surface area contributed by atoms with Crippen LogP contribution in [0.4, 0.5) is 5.69 Å². The van der Waals surface area contributed by atoms with Crippen LogP contribution >= 0.6 is 0 Å². The molecule has 0 spiro atoms. The Hall–Kier alpha value is -1.55. The Morgan fingerprint density at radius 3 is 2.65 bits per heavy atom. The summed E-state index contributed by atoms with van der Waals surface area (Å²) in [5.41, 5.74) is 8.69. The summed E-state index contributed by atoms with van der Waals surface area (Å²) in [6.45, 7) is 5.64. The Labute approximate surface area is 121 Å². The normalized spacial score (nSPS) is 17.9. The van der Waals surface area contributed by atoms with Gasteiger partial charge >= 0.3 is 0 Å². The number of benzene rings is 1. The van der Waals surface area contributed by atoms with Crippen LogP contribution in [0.25, 0.3) is 0 Å². The first kappa shape index (κ1) is 14.9. The lowest BCUT2D eigenvalue weighted by molar-refractivity contribution is -0.119. The van der Waals surface area contributed by atoms with Crippen LogP contribution in [0.2, 0.25) is 0 Å². The highest BCUT2D eigenvalue weighted by Crippen LogP contribution is 2.28. The second-order valence-corrected chi connectivity index (χ2v) is 5.54. The molecule has 1 aromatic carbocycles. The van der Waals surface area contributed by atoms with E-state index in [-0.39, 0.29) is 11.9 Å². The number of nitrogens with two attached hydrogens (primary N) is 1. The van der Waals surface area contributed by atoms with Crippen LogP contribution in [-0.4, -0.2) is 25.0 Å². The average molecular weight is 275 g/mol. The van der Waals surface area contributed by atoms with Gasteiger partial charge in [-0.3, -0.25) is 4.79 Å². The average Bonchev–Trinajstić information content (AvgIpc) is 2.46. The molecule has 0 radical (unpaired) electrons. The molecular weight excluding hydrogens is 250 g/mol. The van der Waals surface area contributed by atoms with Gasteiger partial charge in [0, 0.05) is 37.8 Å². The van der Waals surface area contributed by atoms with Crippen LogP contribution in [0.5, 0.6) is 0 Å². The Kier molecular flexibility index (Phi) is 5.01. The van der Waals surface area contributed by atoms with Gasteiger partial charge in [-0.15, -0.1) is 0 Å². The molecule has 1 amide bonds. The van der Waals surface area contributed by atoms with Crippen LogP contribution < -0.4 is 16.0 Å². The molecule has 1 saturated heterocycles. The fourth-order valence-electron chi connectivity index (χ4n) is 2.86. The van der Waals surface area contributed by atoms with Crippen molar-refractivity contribution in [2.24, 2.45) is 5.73 Å². The fourth-order valence-corrected chi connectivity index (χ4v) is 2.86. The molecule has 0 saturated carbocycles. The highest BCUT2D eigenvalue weighted by molar-refractivity contribution is 5.73. The minimum absolute atomic E-state index is 0.0665. The van der Waals surface area contributed by atoms with Gasteiger partial charge in [-0.05, 0) is 30.9 Å².